The molecule has 0 fully saturated rings. The molecule has 0 aromatic rings. The molecular formula is C20H16F26O. The summed E-state index contributed by atoms with van der Waals surface area (Å²) in [6, 6.07) is 0. The Morgan fingerprint density at radius 2 is 0.489 bits per heavy atom. The van der Waals surface area contributed by atoms with Crippen LogP contribution in [0.25, 0.3) is 0 Å². The van der Waals surface area contributed by atoms with Gasteiger partial charge in [0.2, 0.25) is 0 Å². The van der Waals surface area contributed by atoms with E-state index in [1.54, 1.807) is 0 Å². The Bertz CT molecular complexity index is 981. The van der Waals surface area contributed by atoms with Crippen molar-refractivity contribution < 1.29 is 119 Å². The maximum atomic E-state index is 13.8. The molecule has 0 aromatic carbocycles. The van der Waals surface area contributed by atoms with Crippen LogP contribution in [0.2, 0.25) is 0 Å². The fourth-order valence-electron chi connectivity index (χ4n) is 3.43. The highest BCUT2D eigenvalue weighted by molar-refractivity contribution is 5.11. The van der Waals surface area contributed by atoms with Gasteiger partial charge in [0.25, 0.3) is 0 Å². The van der Waals surface area contributed by atoms with Crippen LogP contribution in [0.5, 0.6) is 0 Å². The van der Waals surface area contributed by atoms with Crippen LogP contribution in [0.4, 0.5) is 114 Å². The zero-order valence-electron chi connectivity index (χ0n) is 22.0. The molecule has 0 aromatic heterocycles. The molecule has 0 rings (SSSR count). The smallest absolute Gasteiger partial charge is 0.390 e. The van der Waals surface area contributed by atoms with Gasteiger partial charge in [-0.25, -0.2) is 0 Å². The van der Waals surface area contributed by atoms with E-state index in [1.165, 1.54) is 0 Å². The van der Waals surface area contributed by atoms with Gasteiger partial charge in [0.05, 0.1) is 5.60 Å². The second kappa shape index (κ2) is 12.2. The summed E-state index contributed by atoms with van der Waals surface area (Å²) in [6.45, 7) is 0.249. The molecule has 0 radical (unpaired) electrons. The minimum absolute atomic E-state index is 0.249. The second-order valence-electron chi connectivity index (χ2n) is 10.2. The van der Waals surface area contributed by atoms with Gasteiger partial charge in [-0.15, -0.1) is 0 Å². The quantitative estimate of drug-likeness (QED) is 0.155. The van der Waals surface area contributed by atoms with Gasteiger partial charge in [-0.2, -0.15) is 114 Å². The first-order valence-corrected chi connectivity index (χ1v) is 11.6. The van der Waals surface area contributed by atoms with Gasteiger partial charge >= 0.3 is 71.6 Å². The molecule has 0 bridgehead atoms. The lowest BCUT2D eigenvalue weighted by Gasteiger charge is -2.40. The van der Waals surface area contributed by atoms with Crippen LogP contribution in [0.3, 0.4) is 0 Å². The molecule has 0 aliphatic rings. The zero-order valence-corrected chi connectivity index (χ0v) is 22.0. The van der Waals surface area contributed by atoms with E-state index in [9.17, 15) is 119 Å². The highest BCUT2D eigenvalue weighted by Crippen LogP contribution is 2.62. The summed E-state index contributed by atoms with van der Waals surface area (Å²) in [5, 5.41) is 9.83. The van der Waals surface area contributed by atoms with Gasteiger partial charge in [0.15, 0.2) is 0 Å². The van der Waals surface area contributed by atoms with Crippen molar-refractivity contribution in [2.75, 3.05) is 0 Å². The van der Waals surface area contributed by atoms with Crippen molar-refractivity contribution in [2.24, 2.45) is 0 Å². The molecule has 0 spiro atoms. The van der Waals surface area contributed by atoms with E-state index >= 15 is 0 Å². The monoisotopic (exact) mass is 766 g/mol. The standard InChI is InChI=1S/C20H16F26O/c1-8(47,4-2-6-9(21,22)11(25,26)13(29,30)15(33,34)17(37,38)19(41,42)43)5-3-7-10(23,24)12(27,28)14(31,32)16(35,36)18(39,40)20(44,45)46/h47H,2-7H2,1H3. The molecule has 47 heavy (non-hydrogen) atoms. The van der Waals surface area contributed by atoms with Crippen LogP contribution in [0, 0.1) is 0 Å². The van der Waals surface area contributed by atoms with Crippen LogP contribution < -0.4 is 0 Å². The highest BCUT2D eigenvalue weighted by atomic mass is 19.4. The Labute approximate surface area is 243 Å². The van der Waals surface area contributed by atoms with Gasteiger partial charge in [-0.1, -0.05) is 0 Å². The third-order valence-electron chi connectivity index (χ3n) is 6.41. The van der Waals surface area contributed by atoms with Gasteiger partial charge in [-0.05, 0) is 32.6 Å². The van der Waals surface area contributed by atoms with Crippen LogP contribution in [-0.2, 0) is 0 Å². The molecule has 284 valence electrons. The minimum Gasteiger partial charge on any atom is -0.390 e. The number of hydrogen-bond acceptors (Lipinski definition) is 1. The van der Waals surface area contributed by atoms with Crippen molar-refractivity contribution in [1.82, 2.24) is 0 Å². The first-order chi connectivity index (χ1) is 19.9. The van der Waals surface area contributed by atoms with Crippen molar-refractivity contribution in [1.29, 1.82) is 0 Å². The molecule has 27 heteroatoms. The predicted molar refractivity (Wildman–Crippen MR) is 99.9 cm³/mol. The van der Waals surface area contributed by atoms with Crippen molar-refractivity contribution in [3.8, 4) is 0 Å². The lowest BCUT2D eigenvalue weighted by Crippen LogP contribution is -2.70. The van der Waals surface area contributed by atoms with E-state index in [1.807, 2.05) is 0 Å². The topological polar surface area (TPSA) is 20.2 Å². The Morgan fingerprint density at radius 3 is 0.681 bits per heavy atom. The zero-order chi connectivity index (χ0) is 38.7. The average molecular weight is 766 g/mol. The van der Waals surface area contributed by atoms with Crippen molar-refractivity contribution in [2.45, 2.75) is 123 Å². The molecule has 0 aliphatic carbocycles. The van der Waals surface area contributed by atoms with E-state index in [0.29, 0.717) is 0 Å². The number of rotatable bonds is 16. The Balaban J connectivity index is 5.79. The second-order valence-corrected chi connectivity index (χ2v) is 10.2. The lowest BCUT2D eigenvalue weighted by molar-refractivity contribution is -0.440. The fourth-order valence-corrected chi connectivity index (χ4v) is 3.43. The van der Waals surface area contributed by atoms with E-state index in [2.05, 4.69) is 0 Å². The fraction of sp³-hybridized carbons (Fsp3) is 1.00. The van der Waals surface area contributed by atoms with E-state index in [4.69, 9.17) is 0 Å². The van der Waals surface area contributed by atoms with Gasteiger partial charge in [0, 0.05) is 12.8 Å². The molecule has 0 saturated carbocycles. The van der Waals surface area contributed by atoms with Crippen LogP contribution in [0.1, 0.15) is 45.4 Å². The Kier molecular flexibility index (Phi) is 11.7. The van der Waals surface area contributed by atoms with E-state index in [-0.39, 0.29) is 6.92 Å². The molecule has 0 atom stereocenters. The average Bonchev–Trinajstić information content (AvgIpc) is 2.80. The summed E-state index contributed by atoms with van der Waals surface area (Å²) >= 11 is 0. The SMILES string of the molecule is CC(O)(CCCC(F)(F)C(F)(F)C(F)(F)C(F)(F)C(F)(F)C(F)(F)F)CCCC(F)(F)C(F)(F)C(F)(F)C(F)(F)C(F)(F)C(F)(F)F. The third-order valence-corrected chi connectivity index (χ3v) is 6.41. The van der Waals surface area contributed by atoms with Crippen LogP contribution in [-0.4, -0.2) is 82.3 Å². The molecule has 0 heterocycles. The van der Waals surface area contributed by atoms with E-state index < -0.39 is 116 Å². The predicted octanol–water partition coefficient (Wildman–Crippen LogP) is 10.6. The summed E-state index contributed by atoms with van der Waals surface area (Å²) in [5.41, 5.74) is -3.00. The number of alkyl halides is 26. The van der Waals surface area contributed by atoms with Crippen LogP contribution in [0.15, 0.2) is 0 Å². The normalized spacial score (nSPS) is 16.6. The van der Waals surface area contributed by atoms with Crippen molar-refractivity contribution in [3.05, 3.63) is 0 Å². The summed E-state index contributed by atoms with van der Waals surface area (Å²) in [6.07, 6.45) is -28.3. The third kappa shape index (κ3) is 7.23. The number of halogens is 26. The van der Waals surface area contributed by atoms with E-state index in [0.717, 1.165) is 0 Å². The molecule has 0 aliphatic heterocycles. The highest BCUT2D eigenvalue weighted by Gasteiger charge is 2.92. The molecule has 0 unspecified atom stereocenters. The molecule has 0 saturated heterocycles. The number of hydrogen-bond donors (Lipinski definition) is 1. The van der Waals surface area contributed by atoms with Gasteiger partial charge in [-0.3, -0.25) is 0 Å². The summed E-state index contributed by atoms with van der Waals surface area (Å²) in [5.74, 6) is -77.7. The number of aliphatic hydroxyl groups is 1. The Hall–Kier alpha value is -1.86. The molecule has 1 nitrogen and oxygen atoms in total. The molecular weight excluding hydrogens is 750 g/mol. The maximum Gasteiger partial charge on any atom is 0.460 e. The molecule has 0 amide bonds. The van der Waals surface area contributed by atoms with Crippen LogP contribution >= 0.6 is 0 Å². The minimum atomic E-state index is -8.24. The van der Waals surface area contributed by atoms with Crippen molar-refractivity contribution in [3.63, 3.8) is 0 Å². The largest absolute Gasteiger partial charge is 0.460 e. The summed E-state index contributed by atoms with van der Waals surface area (Å²) < 4.78 is 340. The van der Waals surface area contributed by atoms with Crippen molar-refractivity contribution >= 4 is 0 Å². The summed E-state index contributed by atoms with van der Waals surface area (Å²) in [7, 11) is 0. The summed E-state index contributed by atoms with van der Waals surface area (Å²) in [4.78, 5) is 0. The lowest BCUT2D eigenvalue weighted by atomic mass is 9.87. The first-order valence-electron chi connectivity index (χ1n) is 11.6. The maximum absolute atomic E-state index is 13.8. The van der Waals surface area contributed by atoms with Gasteiger partial charge in [0.1, 0.15) is 0 Å². The Morgan fingerprint density at radius 1 is 0.298 bits per heavy atom. The van der Waals surface area contributed by atoms with Gasteiger partial charge < -0.3 is 5.11 Å². The molecule has 1 N–H and O–H groups in total. The first kappa shape index (κ1) is 45.1.